The fourth-order valence-corrected chi connectivity index (χ4v) is 9.98. The normalized spacial score (nSPS) is 16.2. The zero-order chi connectivity index (χ0) is 60.1. The second-order valence-electron chi connectivity index (χ2n) is 20.8. The van der Waals surface area contributed by atoms with E-state index in [0.29, 0.717) is 64.2 Å². The maximum atomic E-state index is 13.9. The molecule has 82 heavy (non-hydrogen) atoms. The third-order valence-electron chi connectivity index (χ3n) is 14.6. The summed E-state index contributed by atoms with van der Waals surface area (Å²) in [5.74, 6) is -6.54. The topological polar surface area (TPSA) is 320 Å². The Kier molecular flexibility index (Phi) is 35.7. The summed E-state index contributed by atoms with van der Waals surface area (Å²) >= 11 is 5.81. The van der Waals surface area contributed by atoms with Gasteiger partial charge in [-0.1, -0.05) is 68.4 Å². The van der Waals surface area contributed by atoms with Crippen molar-refractivity contribution in [3.63, 3.8) is 0 Å². The van der Waals surface area contributed by atoms with Crippen LogP contribution in [0.4, 0.5) is 9.18 Å². The van der Waals surface area contributed by atoms with Crippen LogP contribution in [-0.2, 0) is 57.8 Å². The Balaban J connectivity index is 1.52. The van der Waals surface area contributed by atoms with Gasteiger partial charge < -0.3 is 46.6 Å². The van der Waals surface area contributed by atoms with E-state index >= 15 is 0 Å². The van der Waals surface area contributed by atoms with Gasteiger partial charge in [0.25, 0.3) is 0 Å². The van der Waals surface area contributed by atoms with Crippen molar-refractivity contribution in [1.82, 2.24) is 40.9 Å². The van der Waals surface area contributed by atoms with Crippen LogP contribution in [0.3, 0.4) is 0 Å². The number of likely N-dealkylation sites (N-methyl/N-ethyl adjacent to an activating group) is 1. The maximum absolute atomic E-state index is 13.9. The van der Waals surface area contributed by atoms with Crippen LogP contribution in [-0.4, -0.2) is 214 Å². The summed E-state index contributed by atoms with van der Waals surface area (Å²) in [6, 6.07) is 10.9. The molecule has 2 aromatic rings. The van der Waals surface area contributed by atoms with Gasteiger partial charge in [0, 0.05) is 116 Å². The Morgan fingerprint density at radius 3 is 1.91 bits per heavy atom. The van der Waals surface area contributed by atoms with E-state index in [4.69, 9.17) is 22.6 Å². The van der Waals surface area contributed by atoms with Gasteiger partial charge in [0.15, 0.2) is 5.78 Å². The molecule has 0 radical (unpaired) electrons. The average Bonchev–Trinajstić information content (AvgIpc) is 3.53. The van der Waals surface area contributed by atoms with Crippen molar-refractivity contribution >= 4 is 58.6 Å². The molecule has 25 heteroatoms. The van der Waals surface area contributed by atoms with E-state index in [1.807, 2.05) is 4.90 Å². The largest absolute Gasteiger partial charge is 0.481 e. The number of benzene rings is 2. The smallest absolute Gasteiger partial charge is 0.326 e. The minimum Gasteiger partial charge on any atom is -0.481 e. The molecule has 1 aliphatic heterocycles. The lowest BCUT2D eigenvalue weighted by Crippen LogP contribution is -2.52. The number of hydrogen-bond acceptors (Lipinski definition) is 17. The first-order valence-electron chi connectivity index (χ1n) is 28.6. The number of halogens is 1. The van der Waals surface area contributed by atoms with Gasteiger partial charge in [-0.15, -0.1) is 0 Å². The standard InChI is InChI=1S/C57H89FN8O15S/c1-2-63-26-28-65(41-67)29-27-64(32-34-80-78)30-31-66(33-35-81-79)47(40-63)36-42-14-16-43(17-15-42)37-48(82)10-5-3-4-6-12-52(69)61-50(38-44-18-21-46(58)22-19-44)51(68)39-45(20-23-54(72)73)55(74)59-24-8-7-11-49(56(75)76)62-57(77)60-25-9-13-53(70)71/h14-19,21-22,45,47,49-50,67,78-79H,2-13,20,23-41H2,1H3,(H,59,74)(H,61,69)(H,70,71)(H,72,73)(H,75,76)(H2,60,62,77)/t45-,47?,49+,50+/m1/s1. The Morgan fingerprint density at radius 2 is 1.27 bits per heavy atom. The summed E-state index contributed by atoms with van der Waals surface area (Å²) in [7, 11) is 0. The van der Waals surface area contributed by atoms with Crippen molar-refractivity contribution in [2.45, 2.75) is 134 Å². The average molecular weight is 1180 g/mol. The quantitative estimate of drug-likeness (QED) is 0.0193. The van der Waals surface area contributed by atoms with Crippen molar-refractivity contribution in [2.24, 2.45) is 5.92 Å². The molecule has 460 valence electrons. The number of aliphatic hydroxyl groups excluding tert-OH is 1. The number of rotatable bonds is 40. The highest BCUT2D eigenvalue weighted by Gasteiger charge is 2.29. The van der Waals surface area contributed by atoms with Gasteiger partial charge >= 0.3 is 23.9 Å². The Hall–Kier alpha value is -5.61. The number of carbonyl (C=O) groups is 7. The molecule has 1 fully saturated rings. The molecule has 0 aromatic heterocycles. The molecule has 4 amide bonds. The second-order valence-corrected chi connectivity index (χ2v) is 21.4. The number of nitrogens with one attached hydrogen (secondary N) is 4. The van der Waals surface area contributed by atoms with Crippen molar-refractivity contribution in [3.05, 3.63) is 71.0 Å². The van der Waals surface area contributed by atoms with E-state index < -0.39 is 72.3 Å². The zero-order valence-corrected chi connectivity index (χ0v) is 48.3. The molecule has 1 saturated heterocycles. The highest BCUT2D eigenvalue weighted by molar-refractivity contribution is 7.80. The van der Waals surface area contributed by atoms with Crippen LogP contribution >= 0.6 is 12.2 Å². The lowest BCUT2D eigenvalue weighted by Gasteiger charge is -2.38. The predicted octanol–water partition coefficient (Wildman–Crippen LogP) is 4.23. The number of thiocarbonyl (C=S) groups is 1. The molecular formula is C57H89FN8O15S. The Labute approximate surface area is 486 Å². The van der Waals surface area contributed by atoms with Crippen LogP contribution in [0.2, 0.25) is 0 Å². The SMILES string of the molecule is CCN1CCN(CO)CCN(CCOO)CCN(CCOO)C(Cc2ccc(CC(=S)CCCCCCC(=O)N[C@@H](Cc3ccc(F)cc3)C(=O)C[C@@H](CCC(=O)O)C(=O)NCCCC[C@H](NC(=O)NCCCC(=O)O)C(=O)O)cc2)C1. The number of aliphatic hydroxyl groups is 1. The van der Waals surface area contributed by atoms with Gasteiger partial charge in [-0.2, -0.15) is 0 Å². The molecule has 1 heterocycles. The molecule has 3 rings (SSSR count). The number of carboxylic acid groups (broad SMARTS) is 3. The van der Waals surface area contributed by atoms with E-state index in [2.05, 4.69) is 76.9 Å². The summed E-state index contributed by atoms with van der Waals surface area (Å²) in [6.07, 6.45) is 4.72. The van der Waals surface area contributed by atoms with Gasteiger partial charge in [0.2, 0.25) is 11.8 Å². The van der Waals surface area contributed by atoms with Gasteiger partial charge in [0.1, 0.15) is 11.9 Å². The van der Waals surface area contributed by atoms with E-state index in [9.17, 15) is 58.5 Å². The van der Waals surface area contributed by atoms with Gasteiger partial charge in [-0.25, -0.2) is 23.8 Å². The number of aliphatic carboxylic acids is 3. The molecule has 10 N–H and O–H groups in total. The van der Waals surface area contributed by atoms with Gasteiger partial charge in [0.05, 0.1) is 26.0 Å². The molecule has 1 unspecified atom stereocenters. The molecule has 2 aromatic carbocycles. The minimum atomic E-state index is -1.29. The van der Waals surface area contributed by atoms with E-state index in [0.717, 1.165) is 67.7 Å². The first-order chi connectivity index (χ1) is 39.4. The molecule has 0 aliphatic carbocycles. The number of hydrogen-bond donors (Lipinski definition) is 10. The third kappa shape index (κ3) is 30.6. The van der Waals surface area contributed by atoms with Crippen LogP contribution in [0.5, 0.6) is 0 Å². The summed E-state index contributed by atoms with van der Waals surface area (Å²) in [5, 5.41) is 66.4. The predicted molar refractivity (Wildman–Crippen MR) is 308 cm³/mol. The van der Waals surface area contributed by atoms with Crippen molar-refractivity contribution in [3.8, 4) is 0 Å². The lowest BCUT2D eigenvalue weighted by molar-refractivity contribution is -0.245. The number of carboxylic acids is 3. The Bertz CT molecular complexity index is 2240. The summed E-state index contributed by atoms with van der Waals surface area (Å²) in [4.78, 5) is 106. The lowest BCUT2D eigenvalue weighted by atomic mass is 9.91. The molecule has 23 nitrogen and oxygen atoms in total. The molecular weight excluding hydrogens is 1090 g/mol. The highest BCUT2D eigenvalue weighted by atomic mass is 32.1. The number of ketones is 1. The van der Waals surface area contributed by atoms with E-state index in [-0.39, 0.29) is 96.3 Å². The van der Waals surface area contributed by atoms with Crippen molar-refractivity contribution < 1.29 is 78.7 Å². The first kappa shape index (κ1) is 70.7. The summed E-state index contributed by atoms with van der Waals surface area (Å²) in [5.41, 5.74) is 2.81. The number of nitrogens with zero attached hydrogens (tertiary/aromatic N) is 4. The number of unbranched alkanes of at least 4 members (excludes halogenated alkanes) is 4. The van der Waals surface area contributed by atoms with Crippen molar-refractivity contribution in [1.29, 1.82) is 0 Å². The molecule has 0 bridgehead atoms. The van der Waals surface area contributed by atoms with Crippen LogP contribution in [0, 0.1) is 11.7 Å². The second kappa shape index (κ2) is 41.4. The number of amides is 4. The van der Waals surface area contributed by atoms with Crippen LogP contribution in [0.15, 0.2) is 48.5 Å². The van der Waals surface area contributed by atoms with Gasteiger partial charge in [-0.3, -0.25) is 49.2 Å². The fourth-order valence-electron chi connectivity index (χ4n) is 9.67. The maximum Gasteiger partial charge on any atom is 0.326 e. The van der Waals surface area contributed by atoms with Crippen LogP contribution in [0.1, 0.15) is 114 Å². The third-order valence-corrected chi connectivity index (χ3v) is 14.9. The zero-order valence-electron chi connectivity index (χ0n) is 47.5. The van der Waals surface area contributed by atoms with Gasteiger partial charge in [-0.05, 0) is 104 Å². The number of carbonyl (C=O) groups excluding carboxylic acids is 4. The monoisotopic (exact) mass is 1180 g/mol. The van der Waals surface area contributed by atoms with E-state index in [1.165, 1.54) is 24.3 Å². The van der Waals surface area contributed by atoms with E-state index in [1.54, 1.807) is 0 Å². The van der Waals surface area contributed by atoms with Crippen LogP contribution in [0.25, 0.3) is 0 Å². The number of urea groups is 1. The van der Waals surface area contributed by atoms with Crippen LogP contribution < -0.4 is 21.3 Å². The molecule has 0 spiro atoms. The van der Waals surface area contributed by atoms with Crippen molar-refractivity contribution in [2.75, 3.05) is 98.5 Å². The summed E-state index contributed by atoms with van der Waals surface area (Å²) in [6.45, 7) is 9.39. The molecule has 4 atom stereocenters. The Morgan fingerprint density at radius 1 is 0.659 bits per heavy atom. The molecule has 0 saturated carbocycles. The molecule has 1 aliphatic rings. The highest BCUT2D eigenvalue weighted by Crippen LogP contribution is 2.19. The number of Topliss-reactive ketones (excluding diaryl/α,β-unsaturated/α-hetero) is 1. The first-order valence-corrected chi connectivity index (χ1v) is 29.0. The minimum absolute atomic E-state index is 0.00429. The fraction of sp³-hybridized carbons (Fsp3) is 0.649. The summed E-state index contributed by atoms with van der Waals surface area (Å²) < 4.78 is 13.8.